The summed E-state index contributed by atoms with van der Waals surface area (Å²) in [6.45, 7) is 5.84. The van der Waals surface area contributed by atoms with Gasteiger partial charge in [-0.05, 0) is 48.9 Å². The summed E-state index contributed by atoms with van der Waals surface area (Å²) in [6.07, 6.45) is 0. The quantitative estimate of drug-likeness (QED) is 0.738. The minimum Gasteiger partial charge on any atom is -0.369 e. The molecule has 0 bridgehead atoms. The fraction of sp³-hybridized carbons (Fsp3) is 0.368. The summed E-state index contributed by atoms with van der Waals surface area (Å²) >= 11 is 12.0. The number of piperazine rings is 1. The first kappa shape index (κ1) is 21.3. The van der Waals surface area contributed by atoms with Crippen LogP contribution in [0.3, 0.4) is 0 Å². The maximum absolute atomic E-state index is 13.0. The standard InChI is InChI=1S/C19H22Cl2FN3O2S/c1-14-12-19(18(21)13-17(14)20)28(26,27)23-6-7-24-8-10-25(11-9-24)16-4-2-15(22)3-5-16/h2-5,12-13,23H,6-11H2,1H3. The number of halogens is 3. The summed E-state index contributed by atoms with van der Waals surface area (Å²) in [7, 11) is -3.70. The molecule has 0 atom stereocenters. The van der Waals surface area contributed by atoms with Crippen LogP contribution < -0.4 is 9.62 Å². The minimum absolute atomic E-state index is 0.0391. The first-order valence-electron chi connectivity index (χ1n) is 8.94. The molecule has 152 valence electrons. The molecule has 1 aliphatic heterocycles. The Hall–Kier alpha value is -1.38. The Morgan fingerprint density at radius 3 is 2.32 bits per heavy atom. The van der Waals surface area contributed by atoms with Crippen LogP contribution in [0.5, 0.6) is 0 Å². The number of anilines is 1. The lowest BCUT2D eigenvalue weighted by atomic mass is 10.2. The zero-order valence-electron chi connectivity index (χ0n) is 15.5. The maximum Gasteiger partial charge on any atom is 0.242 e. The van der Waals surface area contributed by atoms with Gasteiger partial charge in [0.25, 0.3) is 0 Å². The van der Waals surface area contributed by atoms with Crippen molar-refractivity contribution in [2.75, 3.05) is 44.2 Å². The Bertz CT molecular complexity index is 931. The summed E-state index contributed by atoms with van der Waals surface area (Å²) in [4.78, 5) is 4.42. The molecular formula is C19H22Cl2FN3O2S. The lowest BCUT2D eigenvalue weighted by Gasteiger charge is -2.36. The molecule has 0 unspecified atom stereocenters. The highest BCUT2D eigenvalue weighted by molar-refractivity contribution is 7.89. The van der Waals surface area contributed by atoms with E-state index in [0.717, 1.165) is 31.9 Å². The van der Waals surface area contributed by atoms with Gasteiger partial charge >= 0.3 is 0 Å². The van der Waals surface area contributed by atoms with Crippen LogP contribution in [0.4, 0.5) is 10.1 Å². The molecule has 0 aromatic heterocycles. The largest absolute Gasteiger partial charge is 0.369 e. The van der Waals surface area contributed by atoms with E-state index >= 15 is 0 Å². The average Bonchev–Trinajstić information content (AvgIpc) is 2.66. The fourth-order valence-electron chi connectivity index (χ4n) is 3.13. The van der Waals surface area contributed by atoms with Crippen LogP contribution >= 0.6 is 23.2 Å². The highest BCUT2D eigenvalue weighted by atomic mass is 35.5. The van der Waals surface area contributed by atoms with Gasteiger partial charge in [0.15, 0.2) is 0 Å². The molecule has 0 aliphatic carbocycles. The van der Waals surface area contributed by atoms with E-state index in [4.69, 9.17) is 23.2 Å². The molecule has 3 rings (SSSR count). The molecular weight excluding hydrogens is 424 g/mol. The lowest BCUT2D eigenvalue weighted by molar-refractivity contribution is 0.262. The predicted octanol–water partition coefficient (Wildman–Crippen LogP) is 3.54. The average molecular weight is 446 g/mol. The number of nitrogens with zero attached hydrogens (tertiary/aromatic N) is 2. The second kappa shape index (κ2) is 8.97. The van der Waals surface area contributed by atoms with Gasteiger partial charge in [0.2, 0.25) is 10.0 Å². The van der Waals surface area contributed by atoms with E-state index < -0.39 is 10.0 Å². The van der Waals surface area contributed by atoms with E-state index in [0.29, 0.717) is 17.1 Å². The number of rotatable bonds is 6. The summed E-state index contributed by atoms with van der Waals surface area (Å²) in [5, 5.41) is 0.541. The van der Waals surface area contributed by atoms with E-state index in [1.165, 1.54) is 24.3 Å². The van der Waals surface area contributed by atoms with E-state index in [1.54, 1.807) is 19.1 Å². The topological polar surface area (TPSA) is 52.7 Å². The Labute approximate surface area is 175 Å². The second-order valence-electron chi connectivity index (χ2n) is 6.73. The fourth-order valence-corrected chi connectivity index (χ4v) is 4.99. The minimum atomic E-state index is -3.70. The van der Waals surface area contributed by atoms with Crippen LogP contribution in [-0.2, 0) is 10.0 Å². The first-order chi connectivity index (χ1) is 13.3. The number of aryl methyl sites for hydroxylation is 1. The molecule has 0 radical (unpaired) electrons. The first-order valence-corrected chi connectivity index (χ1v) is 11.2. The molecule has 1 heterocycles. The second-order valence-corrected chi connectivity index (χ2v) is 9.28. The van der Waals surface area contributed by atoms with Crippen LogP contribution in [0, 0.1) is 12.7 Å². The number of hydrogen-bond donors (Lipinski definition) is 1. The molecule has 2 aromatic carbocycles. The van der Waals surface area contributed by atoms with E-state index in [2.05, 4.69) is 14.5 Å². The lowest BCUT2D eigenvalue weighted by Crippen LogP contribution is -2.48. The van der Waals surface area contributed by atoms with Gasteiger partial charge in [0.1, 0.15) is 10.7 Å². The summed E-state index contributed by atoms with van der Waals surface area (Å²) in [5.74, 6) is -0.245. The van der Waals surface area contributed by atoms with Crippen LogP contribution in [0.15, 0.2) is 41.3 Å². The third-order valence-electron chi connectivity index (χ3n) is 4.79. The number of benzene rings is 2. The zero-order chi connectivity index (χ0) is 20.3. The third kappa shape index (κ3) is 5.15. The van der Waals surface area contributed by atoms with Crippen molar-refractivity contribution in [1.29, 1.82) is 0 Å². The Morgan fingerprint density at radius 1 is 1.04 bits per heavy atom. The van der Waals surface area contributed by atoms with Gasteiger partial charge in [-0.1, -0.05) is 23.2 Å². The normalized spacial score (nSPS) is 15.8. The summed E-state index contributed by atoms with van der Waals surface area (Å²) < 4.78 is 40.7. The van der Waals surface area contributed by atoms with Crippen molar-refractivity contribution in [1.82, 2.24) is 9.62 Å². The van der Waals surface area contributed by atoms with Crippen LogP contribution in [0.25, 0.3) is 0 Å². The van der Waals surface area contributed by atoms with Gasteiger partial charge in [-0.25, -0.2) is 17.5 Å². The van der Waals surface area contributed by atoms with Crippen LogP contribution in [0.1, 0.15) is 5.56 Å². The van der Waals surface area contributed by atoms with Crippen molar-refractivity contribution in [3.05, 3.63) is 57.8 Å². The monoisotopic (exact) mass is 445 g/mol. The molecule has 2 aromatic rings. The molecule has 1 N–H and O–H groups in total. The molecule has 5 nitrogen and oxygen atoms in total. The molecule has 1 saturated heterocycles. The van der Waals surface area contributed by atoms with Crippen molar-refractivity contribution < 1.29 is 12.8 Å². The molecule has 0 saturated carbocycles. The van der Waals surface area contributed by atoms with Gasteiger partial charge < -0.3 is 4.90 Å². The number of hydrogen-bond acceptors (Lipinski definition) is 4. The third-order valence-corrected chi connectivity index (χ3v) is 7.12. The van der Waals surface area contributed by atoms with Crippen LogP contribution in [-0.4, -0.2) is 52.6 Å². The summed E-state index contributed by atoms with van der Waals surface area (Å²) in [5.41, 5.74) is 1.65. The van der Waals surface area contributed by atoms with Crippen molar-refractivity contribution in [3.8, 4) is 0 Å². The molecule has 28 heavy (non-hydrogen) atoms. The smallest absolute Gasteiger partial charge is 0.242 e. The SMILES string of the molecule is Cc1cc(S(=O)(=O)NCCN2CCN(c3ccc(F)cc3)CC2)c(Cl)cc1Cl. The van der Waals surface area contributed by atoms with Gasteiger partial charge in [0.05, 0.1) is 5.02 Å². The molecule has 1 aliphatic rings. The van der Waals surface area contributed by atoms with Crippen molar-refractivity contribution >= 4 is 38.9 Å². The van der Waals surface area contributed by atoms with Crippen LogP contribution in [0.2, 0.25) is 10.0 Å². The van der Waals surface area contributed by atoms with E-state index in [-0.39, 0.29) is 22.3 Å². The van der Waals surface area contributed by atoms with Gasteiger partial charge in [-0.3, -0.25) is 4.90 Å². The van der Waals surface area contributed by atoms with Crippen molar-refractivity contribution in [2.45, 2.75) is 11.8 Å². The summed E-state index contributed by atoms with van der Waals surface area (Å²) in [6, 6.07) is 9.39. The van der Waals surface area contributed by atoms with Gasteiger partial charge in [-0.2, -0.15) is 0 Å². The highest BCUT2D eigenvalue weighted by Gasteiger charge is 2.21. The Kier molecular flexibility index (Phi) is 6.83. The van der Waals surface area contributed by atoms with Crippen molar-refractivity contribution in [2.24, 2.45) is 0 Å². The Balaban J connectivity index is 1.50. The number of nitrogens with one attached hydrogen (secondary N) is 1. The number of sulfonamides is 1. The van der Waals surface area contributed by atoms with Gasteiger partial charge in [0, 0.05) is 50.0 Å². The molecule has 0 spiro atoms. The zero-order valence-corrected chi connectivity index (χ0v) is 17.8. The Morgan fingerprint density at radius 2 is 1.68 bits per heavy atom. The van der Waals surface area contributed by atoms with Crippen molar-refractivity contribution in [3.63, 3.8) is 0 Å². The van der Waals surface area contributed by atoms with E-state index in [9.17, 15) is 12.8 Å². The maximum atomic E-state index is 13.0. The molecule has 1 fully saturated rings. The highest BCUT2D eigenvalue weighted by Crippen LogP contribution is 2.28. The predicted molar refractivity (Wildman–Crippen MR) is 111 cm³/mol. The molecule has 0 amide bonds. The van der Waals surface area contributed by atoms with E-state index in [1.807, 2.05) is 0 Å². The molecule has 9 heteroatoms. The van der Waals surface area contributed by atoms with Gasteiger partial charge in [-0.15, -0.1) is 0 Å².